The molecule has 8 heteroatoms. The Morgan fingerprint density at radius 3 is 2.39 bits per heavy atom. The number of hydrogen-bond acceptors (Lipinski definition) is 4. The molecule has 8 nitrogen and oxygen atoms in total. The fourth-order valence-electron chi connectivity index (χ4n) is 4.17. The summed E-state index contributed by atoms with van der Waals surface area (Å²) < 4.78 is 1.43. The Morgan fingerprint density at radius 2 is 1.75 bits per heavy atom. The van der Waals surface area contributed by atoms with Crippen LogP contribution in [0.1, 0.15) is 37.8 Å². The van der Waals surface area contributed by atoms with Crippen LogP contribution in [0.4, 0.5) is 10.5 Å². The SMILES string of the molecule is CNC(=O)Nc1ccc(C)n(CC(=O)N2CCN(C3CCCCC3)CC2)c1=O. The lowest BCUT2D eigenvalue weighted by Crippen LogP contribution is -2.53. The first-order valence-electron chi connectivity index (χ1n) is 10.2. The minimum Gasteiger partial charge on any atom is -0.341 e. The van der Waals surface area contributed by atoms with Gasteiger partial charge in [0, 0.05) is 45.0 Å². The Bertz CT molecular complexity index is 762. The molecule has 1 saturated carbocycles. The monoisotopic (exact) mass is 389 g/mol. The van der Waals surface area contributed by atoms with Gasteiger partial charge in [-0.25, -0.2) is 4.79 Å². The highest BCUT2D eigenvalue weighted by molar-refractivity contribution is 5.88. The Morgan fingerprint density at radius 1 is 1.07 bits per heavy atom. The Balaban J connectivity index is 1.61. The fraction of sp³-hybridized carbons (Fsp3) is 0.650. The van der Waals surface area contributed by atoms with Crippen molar-refractivity contribution in [3.8, 4) is 0 Å². The van der Waals surface area contributed by atoms with E-state index in [0.717, 1.165) is 13.1 Å². The summed E-state index contributed by atoms with van der Waals surface area (Å²) in [5.74, 6) is -0.0504. The topological polar surface area (TPSA) is 86.7 Å². The molecule has 0 unspecified atom stereocenters. The predicted octanol–water partition coefficient (Wildman–Crippen LogP) is 1.38. The molecule has 1 saturated heterocycles. The molecule has 1 aromatic rings. The maximum Gasteiger partial charge on any atom is 0.319 e. The van der Waals surface area contributed by atoms with Crippen LogP contribution in [0.5, 0.6) is 0 Å². The van der Waals surface area contributed by atoms with Crippen LogP contribution in [-0.4, -0.2) is 65.6 Å². The highest BCUT2D eigenvalue weighted by Gasteiger charge is 2.27. The first-order valence-corrected chi connectivity index (χ1v) is 10.2. The average Bonchev–Trinajstić information content (AvgIpc) is 2.73. The van der Waals surface area contributed by atoms with Gasteiger partial charge >= 0.3 is 6.03 Å². The van der Waals surface area contributed by atoms with Gasteiger partial charge in [-0.15, -0.1) is 0 Å². The van der Waals surface area contributed by atoms with Crippen LogP contribution in [0.3, 0.4) is 0 Å². The summed E-state index contributed by atoms with van der Waals surface area (Å²) in [7, 11) is 1.48. The van der Waals surface area contributed by atoms with Gasteiger partial charge in [-0.1, -0.05) is 19.3 Å². The standard InChI is InChI=1S/C20H31N5O3/c1-15-8-9-17(22-20(28)21-2)19(27)25(15)14-18(26)24-12-10-23(11-13-24)16-6-4-3-5-7-16/h8-9,16H,3-7,10-14H2,1-2H3,(H2,21,22,28). The summed E-state index contributed by atoms with van der Waals surface area (Å²) in [5.41, 5.74) is 0.499. The number of aryl methyl sites for hydroxylation is 1. The lowest BCUT2D eigenvalue weighted by Gasteiger charge is -2.40. The molecule has 0 bridgehead atoms. The second kappa shape index (κ2) is 9.23. The normalized spacial score (nSPS) is 18.7. The molecule has 2 aliphatic rings. The van der Waals surface area contributed by atoms with Crippen molar-refractivity contribution in [1.82, 2.24) is 19.7 Å². The summed E-state index contributed by atoms with van der Waals surface area (Å²) in [6.07, 6.45) is 6.51. The quantitative estimate of drug-likeness (QED) is 0.815. The third kappa shape index (κ3) is 4.73. The highest BCUT2D eigenvalue weighted by atomic mass is 16.2. The summed E-state index contributed by atoms with van der Waals surface area (Å²) >= 11 is 0. The van der Waals surface area contributed by atoms with E-state index in [1.165, 1.54) is 43.7 Å². The number of hydrogen-bond donors (Lipinski definition) is 2. The van der Waals surface area contributed by atoms with Crippen molar-refractivity contribution in [2.45, 2.75) is 51.6 Å². The van der Waals surface area contributed by atoms with Gasteiger partial charge in [-0.2, -0.15) is 0 Å². The van der Waals surface area contributed by atoms with Crippen LogP contribution < -0.4 is 16.2 Å². The van der Waals surface area contributed by atoms with Crippen molar-refractivity contribution in [3.05, 3.63) is 28.2 Å². The first-order chi connectivity index (χ1) is 13.5. The molecule has 28 heavy (non-hydrogen) atoms. The number of rotatable bonds is 4. The smallest absolute Gasteiger partial charge is 0.319 e. The van der Waals surface area contributed by atoms with Crippen molar-refractivity contribution in [3.63, 3.8) is 0 Å². The number of piperazine rings is 1. The minimum absolute atomic E-state index is 0.00262. The van der Waals surface area contributed by atoms with Gasteiger partial charge in [0.05, 0.1) is 0 Å². The van der Waals surface area contributed by atoms with E-state index >= 15 is 0 Å². The highest BCUT2D eigenvalue weighted by Crippen LogP contribution is 2.23. The number of carbonyl (C=O) groups excluding carboxylic acids is 2. The maximum atomic E-state index is 12.8. The van der Waals surface area contributed by atoms with Crippen LogP contribution in [-0.2, 0) is 11.3 Å². The second-order valence-corrected chi connectivity index (χ2v) is 7.69. The minimum atomic E-state index is -0.460. The number of pyridine rings is 1. The van der Waals surface area contributed by atoms with Gasteiger partial charge in [0.2, 0.25) is 5.91 Å². The third-order valence-corrected chi connectivity index (χ3v) is 5.92. The molecule has 3 amide bonds. The molecular weight excluding hydrogens is 358 g/mol. The zero-order valence-electron chi connectivity index (χ0n) is 16.9. The van der Waals surface area contributed by atoms with Gasteiger partial charge in [-0.3, -0.25) is 14.5 Å². The van der Waals surface area contributed by atoms with Crippen molar-refractivity contribution in [2.24, 2.45) is 0 Å². The molecule has 3 rings (SSSR count). The fourth-order valence-corrected chi connectivity index (χ4v) is 4.17. The Hall–Kier alpha value is -2.35. The maximum absolute atomic E-state index is 12.8. The largest absolute Gasteiger partial charge is 0.341 e. The summed E-state index contributed by atoms with van der Waals surface area (Å²) in [6.45, 7) is 5.01. The molecule has 0 spiro atoms. The molecule has 0 aromatic carbocycles. The summed E-state index contributed by atoms with van der Waals surface area (Å²) in [6, 6.07) is 3.51. The lowest BCUT2D eigenvalue weighted by molar-refractivity contribution is -0.134. The van der Waals surface area contributed by atoms with E-state index in [1.807, 2.05) is 4.90 Å². The van der Waals surface area contributed by atoms with Crippen LogP contribution in [0.25, 0.3) is 0 Å². The molecule has 1 aliphatic heterocycles. The predicted molar refractivity (Wildman–Crippen MR) is 109 cm³/mol. The molecular formula is C20H31N5O3. The number of aromatic nitrogens is 1. The van der Waals surface area contributed by atoms with Crippen LogP contribution >= 0.6 is 0 Å². The number of urea groups is 1. The van der Waals surface area contributed by atoms with E-state index in [2.05, 4.69) is 15.5 Å². The van der Waals surface area contributed by atoms with E-state index in [0.29, 0.717) is 24.8 Å². The zero-order valence-corrected chi connectivity index (χ0v) is 16.9. The van der Waals surface area contributed by atoms with Crippen molar-refractivity contribution >= 4 is 17.6 Å². The molecule has 2 heterocycles. The van der Waals surface area contributed by atoms with Crippen molar-refractivity contribution in [1.29, 1.82) is 0 Å². The van der Waals surface area contributed by atoms with E-state index < -0.39 is 6.03 Å². The molecule has 1 aliphatic carbocycles. The Kier molecular flexibility index (Phi) is 6.72. The lowest BCUT2D eigenvalue weighted by atomic mass is 9.94. The molecule has 0 radical (unpaired) electrons. The van der Waals surface area contributed by atoms with Gasteiger partial charge in [0.25, 0.3) is 5.56 Å². The van der Waals surface area contributed by atoms with Crippen molar-refractivity contribution in [2.75, 3.05) is 38.5 Å². The first kappa shape index (κ1) is 20.4. The van der Waals surface area contributed by atoms with Gasteiger partial charge in [0.1, 0.15) is 12.2 Å². The third-order valence-electron chi connectivity index (χ3n) is 5.92. The molecule has 0 atom stereocenters. The van der Waals surface area contributed by atoms with Crippen molar-refractivity contribution < 1.29 is 9.59 Å². The average molecular weight is 390 g/mol. The summed E-state index contributed by atoms with van der Waals surface area (Å²) in [4.78, 5) is 41.3. The number of amides is 3. The molecule has 1 aromatic heterocycles. The van der Waals surface area contributed by atoms with E-state index in [1.54, 1.807) is 19.1 Å². The number of nitrogens with zero attached hydrogens (tertiary/aromatic N) is 3. The zero-order chi connectivity index (χ0) is 20.1. The van der Waals surface area contributed by atoms with Crippen LogP contribution in [0.15, 0.2) is 16.9 Å². The molecule has 2 fully saturated rings. The summed E-state index contributed by atoms with van der Waals surface area (Å²) in [5, 5.41) is 4.93. The van der Waals surface area contributed by atoms with E-state index in [4.69, 9.17) is 0 Å². The molecule has 154 valence electrons. The van der Waals surface area contributed by atoms with Crippen LogP contribution in [0, 0.1) is 6.92 Å². The van der Waals surface area contributed by atoms with Gasteiger partial charge < -0.3 is 20.1 Å². The van der Waals surface area contributed by atoms with Crippen LogP contribution in [0.2, 0.25) is 0 Å². The van der Waals surface area contributed by atoms with Gasteiger partial charge in [-0.05, 0) is 31.9 Å². The van der Waals surface area contributed by atoms with E-state index in [-0.39, 0.29) is 23.7 Å². The van der Waals surface area contributed by atoms with Gasteiger partial charge in [0.15, 0.2) is 0 Å². The Labute approximate surface area is 165 Å². The number of nitrogens with one attached hydrogen (secondary N) is 2. The molecule has 2 N–H and O–H groups in total. The number of anilines is 1. The number of carbonyl (C=O) groups is 2. The second-order valence-electron chi connectivity index (χ2n) is 7.69. The van der Waals surface area contributed by atoms with E-state index in [9.17, 15) is 14.4 Å².